The second-order valence-electron chi connectivity index (χ2n) is 2.87. The van der Waals surface area contributed by atoms with Crippen molar-refractivity contribution >= 4 is 11.8 Å². The summed E-state index contributed by atoms with van der Waals surface area (Å²) in [7, 11) is 0. The van der Waals surface area contributed by atoms with Gasteiger partial charge in [-0.05, 0) is 6.92 Å². The van der Waals surface area contributed by atoms with Crippen molar-refractivity contribution in [3.05, 3.63) is 35.6 Å². The molecule has 0 spiro atoms. The van der Waals surface area contributed by atoms with Gasteiger partial charge >= 0.3 is 0 Å². The molecule has 0 aromatic carbocycles. The van der Waals surface area contributed by atoms with Gasteiger partial charge in [0.15, 0.2) is 5.88 Å². The zero-order chi connectivity index (χ0) is 9.31. The average Bonchev–Trinajstić information content (AvgIpc) is 2.49. The number of hydrogen-bond donors (Lipinski definition) is 2. The van der Waals surface area contributed by atoms with Crippen molar-refractivity contribution in [3.63, 3.8) is 0 Å². The Balaban J connectivity index is 2.28. The molecule has 0 fully saturated rings. The molecular formula is C8H9N3OS. The van der Waals surface area contributed by atoms with E-state index in [-0.39, 0.29) is 5.88 Å². The first kappa shape index (κ1) is 8.37. The lowest BCUT2D eigenvalue weighted by molar-refractivity contribution is 0.342. The summed E-state index contributed by atoms with van der Waals surface area (Å²) in [5, 5.41) is 13.8. The highest BCUT2D eigenvalue weighted by molar-refractivity contribution is 8.03. The van der Waals surface area contributed by atoms with E-state index in [0.717, 1.165) is 5.69 Å². The molecule has 5 heteroatoms. The smallest absolute Gasteiger partial charge is 0.192 e. The molecule has 0 saturated carbocycles. The van der Waals surface area contributed by atoms with Gasteiger partial charge in [-0.25, -0.2) is 0 Å². The van der Waals surface area contributed by atoms with Gasteiger partial charge in [0.1, 0.15) is 4.87 Å². The summed E-state index contributed by atoms with van der Waals surface area (Å²) in [4.78, 5) is 7.77. The minimum absolute atomic E-state index is 0.179. The van der Waals surface area contributed by atoms with Crippen LogP contribution in [0.25, 0.3) is 0 Å². The van der Waals surface area contributed by atoms with Crippen molar-refractivity contribution in [2.24, 2.45) is 0 Å². The number of nitrogens with zero attached hydrogens (tertiary/aromatic N) is 2. The van der Waals surface area contributed by atoms with Crippen molar-refractivity contribution in [1.29, 1.82) is 0 Å². The van der Waals surface area contributed by atoms with E-state index in [1.165, 1.54) is 11.8 Å². The third kappa shape index (κ3) is 1.47. The molecule has 2 rings (SSSR count). The van der Waals surface area contributed by atoms with Crippen LogP contribution in [0.1, 0.15) is 12.6 Å². The van der Waals surface area contributed by atoms with Crippen molar-refractivity contribution < 1.29 is 5.11 Å². The largest absolute Gasteiger partial charge is 0.494 e. The van der Waals surface area contributed by atoms with Crippen LogP contribution in [0, 0.1) is 0 Å². The van der Waals surface area contributed by atoms with Gasteiger partial charge < -0.3 is 10.4 Å². The molecule has 0 amide bonds. The second kappa shape index (κ2) is 2.92. The van der Waals surface area contributed by atoms with Gasteiger partial charge in [-0.15, -0.1) is 0 Å². The van der Waals surface area contributed by atoms with E-state index in [1.54, 1.807) is 24.0 Å². The first-order valence-corrected chi connectivity index (χ1v) is 4.70. The van der Waals surface area contributed by atoms with Crippen LogP contribution in [0.2, 0.25) is 0 Å². The maximum atomic E-state index is 9.21. The van der Waals surface area contributed by atoms with Gasteiger partial charge in [0.2, 0.25) is 0 Å². The fourth-order valence-electron chi connectivity index (χ4n) is 1.15. The molecule has 0 radical (unpaired) electrons. The van der Waals surface area contributed by atoms with Gasteiger partial charge in [-0.2, -0.15) is 0 Å². The van der Waals surface area contributed by atoms with E-state index in [2.05, 4.69) is 15.3 Å². The fourth-order valence-corrected chi connectivity index (χ4v) is 1.94. The number of nitrogens with one attached hydrogen (secondary N) is 1. The number of aliphatic hydroxyl groups excluding tert-OH is 1. The first-order chi connectivity index (χ1) is 6.21. The molecule has 2 N–H and O–H groups in total. The lowest BCUT2D eigenvalue weighted by atomic mass is 10.2. The average molecular weight is 195 g/mol. The lowest BCUT2D eigenvalue weighted by Gasteiger charge is -2.22. The van der Waals surface area contributed by atoms with E-state index in [9.17, 15) is 5.11 Å². The molecule has 1 aromatic rings. The van der Waals surface area contributed by atoms with E-state index in [4.69, 9.17) is 0 Å². The second-order valence-corrected chi connectivity index (χ2v) is 4.16. The first-order valence-electron chi connectivity index (χ1n) is 3.82. The van der Waals surface area contributed by atoms with Crippen LogP contribution >= 0.6 is 11.8 Å². The third-order valence-electron chi connectivity index (χ3n) is 1.82. The summed E-state index contributed by atoms with van der Waals surface area (Å²) in [5.41, 5.74) is 0.806. The van der Waals surface area contributed by atoms with Crippen LogP contribution in [-0.4, -0.2) is 15.1 Å². The molecule has 0 saturated heterocycles. The van der Waals surface area contributed by atoms with E-state index < -0.39 is 4.87 Å². The van der Waals surface area contributed by atoms with Crippen molar-refractivity contribution in [2.45, 2.75) is 11.8 Å². The zero-order valence-electron chi connectivity index (χ0n) is 7.06. The molecule has 1 aliphatic heterocycles. The lowest BCUT2D eigenvalue weighted by Crippen LogP contribution is -2.32. The molecule has 2 heterocycles. The van der Waals surface area contributed by atoms with Crippen LogP contribution in [0.15, 0.2) is 29.9 Å². The summed E-state index contributed by atoms with van der Waals surface area (Å²) < 4.78 is 0. The van der Waals surface area contributed by atoms with E-state index >= 15 is 0 Å². The van der Waals surface area contributed by atoms with Crippen molar-refractivity contribution in [1.82, 2.24) is 15.3 Å². The van der Waals surface area contributed by atoms with Crippen LogP contribution < -0.4 is 5.32 Å². The molecule has 0 aliphatic carbocycles. The molecule has 0 bridgehead atoms. The fraction of sp³-hybridized carbons (Fsp3) is 0.250. The van der Waals surface area contributed by atoms with Crippen LogP contribution in [0.4, 0.5) is 0 Å². The van der Waals surface area contributed by atoms with Gasteiger partial charge in [0.05, 0.1) is 11.9 Å². The summed E-state index contributed by atoms with van der Waals surface area (Å²) in [6.07, 6.45) is 4.95. The normalized spacial score (nSPS) is 26.7. The highest BCUT2D eigenvalue weighted by Crippen LogP contribution is 2.38. The molecule has 1 unspecified atom stereocenters. The molecule has 68 valence electrons. The van der Waals surface area contributed by atoms with Crippen molar-refractivity contribution in [3.8, 4) is 0 Å². The van der Waals surface area contributed by atoms with Crippen molar-refractivity contribution in [2.75, 3.05) is 0 Å². The Morgan fingerprint density at radius 1 is 1.54 bits per heavy atom. The summed E-state index contributed by atoms with van der Waals surface area (Å²) in [5.74, 6) is 0.179. The Bertz CT molecular complexity index is 341. The molecule has 13 heavy (non-hydrogen) atoms. The summed E-state index contributed by atoms with van der Waals surface area (Å²) in [6, 6.07) is 0. The SMILES string of the molecule is CC1(c2cnccn2)NC(O)=CS1. The summed E-state index contributed by atoms with van der Waals surface area (Å²) in [6.45, 7) is 1.95. The minimum atomic E-state index is -0.391. The quantitative estimate of drug-likeness (QED) is 0.708. The minimum Gasteiger partial charge on any atom is -0.494 e. The Labute approximate surface area is 80.1 Å². The van der Waals surface area contributed by atoms with Gasteiger partial charge in [0.25, 0.3) is 0 Å². The Morgan fingerprint density at radius 3 is 2.92 bits per heavy atom. The van der Waals surface area contributed by atoms with Crippen LogP contribution in [-0.2, 0) is 4.87 Å². The monoisotopic (exact) mass is 195 g/mol. The maximum absolute atomic E-state index is 9.21. The topological polar surface area (TPSA) is 58.0 Å². The third-order valence-corrected chi connectivity index (χ3v) is 2.95. The zero-order valence-corrected chi connectivity index (χ0v) is 7.88. The number of aliphatic hydroxyl groups is 1. The Kier molecular flexibility index (Phi) is 1.88. The molecule has 1 aliphatic rings. The van der Waals surface area contributed by atoms with Gasteiger partial charge in [-0.1, -0.05) is 11.8 Å². The number of hydrogen-bond acceptors (Lipinski definition) is 5. The molecular weight excluding hydrogens is 186 g/mol. The standard InChI is InChI=1S/C8H9N3OS/c1-8(11-7(12)5-13-8)6-4-9-2-3-10-6/h2-5,11-12H,1H3. The summed E-state index contributed by atoms with van der Waals surface area (Å²) >= 11 is 1.48. The number of aromatic nitrogens is 2. The van der Waals surface area contributed by atoms with E-state index in [0.29, 0.717) is 0 Å². The molecule has 1 aromatic heterocycles. The van der Waals surface area contributed by atoms with Crippen LogP contribution in [0.5, 0.6) is 0 Å². The van der Waals surface area contributed by atoms with Crippen LogP contribution in [0.3, 0.4) is 0 Å². The highest BCUT2D eigenvalue weighted by atomic mass is 32.2. The number of thioether (sulfide) groups is 1. The Morgan fingerprint density at radius 2 is 2.38 bits per heavy atom. The molecule has 1 atom stereocenters. The highest BCUT2D eigenvalue weighted by Gasteiger charge is 2.33. The maximum Gasteiger partial charge on any atom is 0.192 e. The predicted octanol–water partition coefficient (Wildman–Crippen LogP) is 1.34. The van der Waals surface area contributed by atoms with Gasteiger partial charge in [0, 0.05) is 17.8 Å². The van der Waals surface area contributed by atoms with Gasteiger partial charge in [-0.3, -0.25) is 9.97 Å². The molecule has 4 nitrogen and oxygen atoms in total. The number of rotatable bonds is 1. The van der Waals surface area contributed by atoms with E-state index in [1.807, 2.05) is 6.92 Å². The Hall–Kier alpha value is -1.23. The predicted molar refractivity (Wildman–Crippen MR) is 50.8 cm³/mol.